The van der Waals surface area contributed by atoms with Crippen LogP contribution in [0.1, 0.15) is 24.0 Å². The van der Waals surface area contributed by atoms with Gasteiger partial charge in [0.05, 0.1) is 12.1 Å². The van der Waals surface area contributed by atoms with Crippen LogP contribution in [0.4, 0.5) is 0 Å². The van der Waals surface area contributed by atoms with Crippen LogP contribution in [-0.2, 0) is 12.0 Å². The molecule has 1 atom stereocenters. The van der Waals surface area contributed by atoms with Crippen molar-refractivity contribution >= 4 is 5.84 Å². The summed E-state index contributed by atoms with van der Waals surface area (Å²) in [6.45, 7) is 1.78. The van der Waals surface area contributed by atoms with Gasteiger partial charge in [0.15, 0.2) is 0 Å². The number of nitrogens with one attached hydrogen (secondary N) is 1. The number of nitrogens with zero attached hydrogens (tertiary/aromatic N) is 1. The molecule has 1 aliphatic carbocycles. The quantitative estimate of drug-likeness (QED) is 0.739. The minimum atomic E-state index is -0.370. The molecular weight excluding hydrogens is 198 g/mol. The van der Waals surface area contributed by atoms with E-state index in [0.29, 0.717) is 0 Å². The van der Waals surface area contributed by atoms with Crippen LogP contribution in [0.15, 0.2) is 29.3 Å². The molecule has 0 spiro atoms. The summed E-state index contributed by atoms with van der Waals surface area (Å²) in [5, 5.41) is 3.33. The first-order valence-corrected chi connectivity index (χ1v) is 5.97. The summed E-state index contributed by atoms with van der Waals surface area (Å²) >= 11 is 0. The Bertz CT molecular complexity index is 439. The number of hydrogen-bond donors (Lipinski definition) is 2. The highest BCUT2D eigenvalue weighted by atomic mass is 15.1. The molecule has 0 saturated carbocycles. The number of fused-ring (bicyclic) bond motifs is 1. The molecule has 0 amide bonds. The molecule has 0 radical (unpaired) electrons. The topological polar surface area (TPSA) is 50.4 Å². The molecule has 3 rings (SSSR count). The van der Waals surface area contributed by atoms with E-state index in [-0.39, 0.29) is 5.54 Å². The average molecular weight is 215 g/mol. The molecule has 0 unspecified atom stereocenters. The van der Waals surface area contributed by atoms with Crippen molar-refractivity contribution in [2.24, 2.45) is 10.7 Å². The molecule has 3 N–H and O–H groups in total. The van der Waals surface area contributed by atoms with E-state index in [4.69, 9.17) is 5.73 Å². The number of nitrogens with two attached hydrogens (primary N) is 1. The molecular formula is C13H17N3. The smallest absolute Gasteiger partial charge is 0.121 e. The number of amidine groups is 1. The first kappa shape index (κ1) is 9.85. The molecule has 3 nitrogen and oxygen atoms in total. The van der Waals surface area contributed by atoms with E-state index < -0.39 is 0 Å². The number of rotatable bonds is 1. The van der Waals surface area contributed by atoms with Gasteiger partial charge in [0.25, 0.3) is 0 Å². The third kappa shape index (κ3) is 1.35. The van der Waals surface area contributed by atoms with Crippen LogP contribution in [0.3, 0.4) is 0 Å². The highest BCUT2D eigenvalue weighted by Gasteiger charge is 2.38. The van der Waals surface area contributed by atoms with E-state index >= 15 is 0 Å². The predicted molar refractivity (Wildman–Crippen MR) is 65.6 cm³/mol. The molecule has 1 aromatic carbocycles. The van der Waals surface area contributed by atoms with E-state index in [1.165, 1.54) is 11.1 Å². The molecule has 0 saturated heterocycles. The van der Waals surface area contributed by atoms with E-state index in [2.05, 4.69) is 34.6 Å². The lowest BCUT2D eigenvalue weighted by molar-refractivity contribution is 0.480. The van der Waals surface area contributed by atoms with Gasteiger partial charge in [-0.2, -0.15) is 0 Å². The number of aryl methyl sites for hydroxylation is 1. The lowest BCUT2D eigenvalue weighted by Crippen LogP contribution is -2.51. The molecule has 3 heteroatoms. The minimum absolute atomic E-state index is 0.370. The Balaban J connectivity index is 2.09. The van der Waals surface area contributed by atoms with Crippen LogP contribution in [-0.4, -0.2) is 18.9 Å². The molecule has 0 bridgehead atoms. The summed E-state index contributed by atoms with van der Waals surface area (Å²) < 4.78 is 0. The first-order chi connectivity index (χ1) is 7.81. The number of aliphatic imine (C=N–C) groups is 1. The third-order valence-corrected chi connectivity index (χ3v) is 3.61. The van der Waals surface area contributed by atoms with Crippen molar-refractivity contribution in [3.8, 4) is 0 Å². The maximum Gasteiger partial charge on any atom is 0.121 e. The Morgan fingerprint density at radius 3 is 3.00 bits per heavy atom. The van der Waals surface area contributed by atoms with E-state index in [1.807, 2.05) is 0 Å². The van der Waals surface area contributed by atoms with Crippen LogP contribution < -0.4 is 11.1 Å². The number of benzene rings is 1. The second kappa shape index (κ2) is 3.59. The Hall–Kier alpha value is -1.35. The maximum absolute atomic E-state index is 6.58. The van der Waals surface area contributed by atoms with Crippen molar-refractivity contribution < 1.29 is 0 Å². The van der Waals surface area contributed by atoms with Gasteiger partial charge < -0.3 is 11.1 Å². The van der Waals surface area contributed by atoms with Crippen molar-refractivity contribution in [3.63, 3.8) is 0 Å². The molecule has 84 valence electrons. The minimum Gasteiger partial charge on any atom is -0.370 e. The van der Waals surface area contributed by atoms with Crippen LogP contribution in [0, 0.1) is 0 Å². The lowest BCUT2D eigenvalue weighted by atomic mass is 9.76. The third-order valence-electron chi connectivity index (χ3n) is 3.61. The average Bonchev–Trinajstić information content (AvgIpc) is 2.84. The van der Waals surface area contributed by atoms with Gasteiger partial charge in [0.1, 0.15) is 5.84 Å². The van der Waals surface area contributed by atoms with Gasteiger partial charge in [0, 0.05) is 6.54 Å². The van der Waals surface area contributed by atoms with Gasteiger partial charge >= 0.3 is 0 Å². The van der Waals surface area contributed by atoms with Gasteiger partial charge in [-0.15, -0.1) is 0 Å². The van der Waals surface area contributed by atoms with Crippen molar-refractivity contribution in [3.05, 3.63) is 35.4 Å². The highest BCUT2D eigenvalue weighted by molar-refractivity contribution is 5.94. The summed E-state index contributed by atoms with van der Waals surface area (Å²) in [5.41, 5.74) is 8.85. The second-order valence-electron chi connectivity index (χ2n) is 4.64. The predicted octanol–water partition coefficient (Wildman–Crippen LogP) is 1.18. The van der Waals surface area contributed by atoms with Crippen LogP contribution >= 0.6 is 0 Å². The van der Waals surface area contributed by atoms with Crippen molar-refractivity contribution in [2.75, 3.05) is 13.1 Å². The van der Waals surface area contributed by atoms with Gasteiger partial charge in [-0.05, 0) is 30.4 Å². The number of hydrogen-bond acceptors (Lipinski definition) is 3. The Kier molecular flexibility index (Phi) is 2.21. The summed E-state index contributed by atoms with van der Waals surface area (Å²) in [5.74, 6) is 0.986. The summed E-state index contributed by atoms with van der Waals surface area (Å²) in [6, 6.07) is 8.50. The SMILES string of the molecule is N[C@@]1(C2=NCCN2)CCCc2ccccc21. The van der Waals surface area contributed by atoms with E-state index in [9.17, 15) is 0 Å². The molecule has 1 aromatic rings. The van der Waals surface area contributed by atoms with Gasteiger partial charge in [0.2, 0.25) is 0 Å². The van der Waals surface area contributed by atoms with Crippen molar-refractivity contribution in [2.45, 2.75) is 24.8 Å². The van der Waals surface area contributed by atoms with Gasteiger partial charge in [-0.25, -0.2) is 0 Å². The fourth-order valence-corrected chi connectivity index (χ4v) is 2.81. The fraction of sp³-hybridized carbons (Fsp3) is 0.462. The van der Waals surface area contributed by atoms with Crippen molar-refractivity contribution in [1.82, 2.24) is 5.32 Å². The monoisotopic (exact) mass is 215 g/mol. The molecule has 1 heterocycles. The Morgan fingerprint density at radius 2 is 2.19 bits per heavy atom. The maximum atomic E-state index is 6.58. The van der Waals surface area contributed by atoms with Crippen molar-refractivity contribution in [1.29, 1.82) is 0 Å². The summed E-state index contributed by atoms with van der Waals surface area (Å²) in [6.07, 6.45) is 3.28. The fourth-order valence-electron chi connectivity index (χ4n) is 2.81. The largest absolute Gasteiger partial charge is 0.370 e. The summed E-state index contributed by atoms with van der Waals surface area (Å²) in [4.78, 5) is 4.51. The van der Waals surface area contributed by atoms with E-state index in [0.717, 1.165) is 38.2 Å². The molecule has 2 aliphatic rings. The molecule has 16 heavy (non-hydrogen) atoms. The second-order valence-corrected chi connectivity index (χ2v) is 4.64. The zero-order valence-corrected chi connectivity index (χ0v) is 9.37. The highest BCUT2D eigenvalue weighted by Crippen LogP contribution is 2.34. The molecule has 0 fully saturated rings. The normalized spacial score (nSPS) is 28.2. The molecule has 1 aliphatic heterocycles. The standard InChI is InChI=1S/C13H17N3/c14-13(12-15-8-9-16-12)7-3-5-10-4-1-2-6-11(10)13/h1-2,4,6H,3,5,7-9,14H2,(H,15,16)/t13-/m0/s1. The van der Waals surface area contributed by atoms with Gasteiger partial charge in [-0.1, -0.05) is 24.3 Å². The van der Waals surface area contributed by atoms with Gasteiger partial charge in [-0.3, -0.25) is 4.99 Å². The summed E-state index contributed by atoms with van der Waals surface area (Å²) in [7, 11) is 0. The Labute approximate surface area is 95.8 Å². The van der Waals surface area contributed by atoms with Crippen LogP contribution in [0.25, 0.3) is 0 Å². The zero-order chi connectivity index (χ0) is 11.0. The zero-order valence-electron chi connectivity index (χ0n) is 9.37. The Morgan fingerprint density at radius 1 is 1.31 bits per heavy atom. The first-order valence-electron chi connectivity index (χ1n) is 5.97. The van der Waals surface area contributed by atoms with E-state index in [1.54, 1.807) is 0 Å². The lowest BCUT2D eigenvalue weighted by Gasteiger charge is -2.35. The van der Waals surface area contributed by atoms with Crippen LogP contribution in [0.2, 0.25) is 0 Å². The van der Waals surface area contributed by atoms with Crippen LogP contribution in [0.5, 0.6) is 0 Å². The molecule has 0 aromatic heterocycles.